The Morgan fingerprint density at radius 3 is 2.19 bits per heavy atom. The van der Waals surface area contributed by atoms with Crippen LogP contribution in [0.5, 0.6) is 0 Å². The summed E-state index contributed by atoms with van der Waals surface area (Å²) in [6, 6.07) is 15.1. The molecule has 0 radical (unpaired) electrons. The molecule has 0 amide bonds. The number of hydrogen-bond acceptors (Lipinski definition) is 6. The predicted octanol–water partition coefficient (Wildman–Crippen LogP) is 2.50. The highest BCUT2D eigenvalue weighted by atomic mass is 32.2. The quantitative estimate of drug-likeness (QED) is 0.647. The van der Waals surface area contributed by atoms with Crippen molar-refractivity contribution in [3.63, 3.8) is 0 Å². The van der Waals surface area contributed by atoms with Gasteiger partial charge in [0.1, 0.15) is 0 Å². The molecule has 2 N–H and O–H groups in total. The average Bonchev–Trinajstić information content (AvgIpc) is 3.51. The summed E-state index contributed by atoms with van der Waals surface area (Å²) in [5, 5.41) is 11.3. The molecule has 2 aliphatic heterocycles. The molecule has 1 aromatic heterocycles. The molecular formula is C23H30N4O3S. The molecule has 3 aromatic rings. The number of rotatable bonds is 4. The van der Waals surface area contributed by atoms with Crippen LogP contribution in [0.4, 0.5) is 11.4 Å². The fourth-order valence-corrected chi connectivity index (χ4v) is 5.78. The molecule has 0 spiro atoms. The highest BCUT2D eigenvalue weighted by Crippen LogP contribution is 2.31. The summed E-state index contributed by atoms with van der Waals surface area (Å²) in [6.45, 7) is 5.83. The maximum atomic E-state index is 13.4. The second kappa shape index (κ2) is 9.30. The van der Waals surface area contributed by atoms with Gasteiger partial charge in [0.05, 0.1) is 10.4 Å². The Morgan fingerprint density at radius 1 is 0.839 bits per heavy atom. The number of benzene rings is 2. The Balaban J connectivity index is 0.00000112. The van der Waals surface area contributed by atoms with E-state index in [1.165, 1.54) is 16.8 Å². The van der Waals surface area contributed by atoms with E-state index in [9.17, 15) is 8.42 Å². The first-order valence-corrected chi connectivity index (χ1v) is 12.2. The van der Waals surface area contributed by atoms with Gasteiger partial charge in [0.25, 0.3) is 10.0 Å². The van der Waals surface area contributed by atoms with Crippen LogP contribution >= 0.6 is 0 Å². The zero-order valence-corrected chi connectivity index (χ0v) is 18.7. The number of aliphatic hydroxyl groups excluding tert-OH is 1. The molecule has 7 nitrogen and oxygen atoms in total. The van der Waals surface area contributed by atoms with Crippen LogP contribution in [-0.2, 0) is 10.0 Å². The smallest absolute Gasteiger partial charge is 0.268 e. The summed E-state index contributed by atoms with van der Waals surface area (Å²) in [4.78, 5) is 4.95. The Morgan fingerprint density at radius 2 is 1.52 bits per heavy atom. The van der Waals surface area contributed by atoms with Crippen LogP contribution in [0.25, 0.3) is 10.9 Å². The van der Waals surface area contributed by atoms with Crippen LogP contribution < -0.4 is 15.1 Å². The van der Waals surface area contributed by atoms with Gasteiger partial charge in [0.15, 0.2) is 0 Å². The number of anilines is 2. The number of nitrogens with one attached hydrogen (secondary N) is 1. The van der Waals surface area contributed by atoms with Crippen LogP contribution in [0.2, 0.25) is 0 Å². The molecule has 166 valence electrons. The van der Waals surface area contributed by atoms with Gasteiger partial charge in [-0.25, -0.2) is 12.4 Å². The van der Waals surface area contributed by atoms with Gasteiger partial charge in [-0.3, -0.25) is 0 Å². The molecule has 8 heteroatoms. The lowest BCUT2D eigenvalue weighted by Gasteiger charge is -2.30. The maximum Gasteiger partial charge on any atom is 0.268 e. The average molecular weight is 443 g/mol. The van der Waals surface area contributed by atoms with Gasteiger partial charge in [-0.2, -0.15) is 0 Å². The number of hydrogen-bond donors (Lipinski definition) is 2. The molecule has 0 unspecified atom stereocenters. The molecule has 2 saturated heterocycles. The fraction of sp³-hybridized carbons (Fsp3) is 0.391. The highest BCUT2D eigenvalue weighted by Gasteiger charge is 2.22. The van der Waals surface area contributed by atoms with Crippen LogP contribution in [0.15, 0.2) is 59.6 Å². The van der Waals surface area contributed by atoms with E-state index in [-0.39, 0.29) is 0 Å². The van der Waals surface area contributed by atoms with E-state index in [1.54, 1.807) is 18.3 Å². The fourth-order valence-electron chi connectivity index (χ4n) is 4.44. The monoisotopic (exact) mass is 442 g/mol. The lowest BCUT2D eigenvalue weighted by molar-refractivity contribution is 0.399. The lowest BCUT2D eigenvalue weighted by atomic mass is 10.2. The van der Waals surface area contributed by atoms with E-state index in [0.717, 1.165) is 68.7 Å². The number of piperazine rings is 1. The molecule has 0 aliphatic carbocycles. The Labute approximate surface area is 183 Å². The maximum absolute atomic E-state index is 13.4. The van der Waals surface area contributed by atoms with Crippen molar-refractivity contribution >= 4 is 32.3 Å². The van der Waals surface area contributed by atoms with Crippen molar-refractivity contribution in [1.82, 2.24) is 9.29 Å². The predicted molar refractivity (Wildman–Crippen MR) is 126 cm³/mol. The number of fused-ring (bicyclic) bond motifs is 1. The lowest BCUT2D eigenvalue weighted by Crippen LogP contribution is -2.43. The van der Waals surface area contributed by atoms with Gasteiger partial charge >= 0.3 is 0 Å². The summed E-state index contributed by atoms with van der Waals surface area (Å²) in [7, 11) is -2.64. The molecule has 5 rings (SSSR count). The largest absolute Gasteiger partial charge is 0.400 e. The van der Waals surface area contributed by atoms with Crippen molar-refractivity contribution in [2.45, 2.75) is 17.7 Å². The topological polar surface area (TPSA) is 77.8 Å². The number of nitrogens with zero attached hydrogens (tertiary/aromatic N) is 3. The Hall–Kier alpha value is -2.55. The normalized spacial score (nSPS) is 17.0. The summed E-state index contributed by atoms with van der Waals surface area (Å²) >= 11 is 0. The van der Waals surface area contributed by atoms with Gasteiger partial charge in [-0.15, -0.1) is 0 Å². The third kappa shape index (κ3) is 4.15. The van der Waals surface area contributed by atoms with Crippen LogP contribution in [0.1, 0.15) is 12.8 Å². The van der Waals surface area contributed by atoms with E-state index in [4.69, 9.17) is 5.11 Å². The highest BCUT2D eigenvalue weighted by molar-refractivity contribution is 7.90. The number of aromatic nitrogens is 1. The van der Waals surface area contributed by atoms with E-state index in [2.05, 4.69) is 21.2 Å². The molecule has 0 saturated carbocycles. The van der Waals surface area contributed by atoms with Gasteiger partial charge in [0, 0.05) is 69.3 Å². The van der Waals surface area contributed by atoms with Gasteiger partial charge < -0.3 is 20.2 Å². The summed E-state index contributed by atoms with van der Waals surface area (Å²) < 4.78 is 28.1. The molecule has 2 aliphatic rings. The second-order valence-corrected chi connectivity index (χ2v) is 9.57. The van der Waals surface area contributed by atoms with Crippen LogP contribution in [0, 0.1) is 0 Å². The minimum Gasteiger partial charge on any atom is -0.400 e. The van der Waals surface area contributed by atoms with Crippen LogP contribution in [-0.4, -0.2) is 63.9 Å². The molecule has 0 bridgehead atoms. The third-order valence-corrected chi connectivity index (χ3v) is 7.70. The van der Waals surface area contributed by atoms with Crippen LogP contribution in [0.3, 0.4) is 0 Å². The van der Waals surface area contributed by atoms with E-state index >= 15 is 0 Å². The number of aliphatic hydroxyl groups is 1. The van der Waals surface area contributed by atoms with Gasteiger partial charge in [-0.1, -0.05) is 6.07 Å². The summed E-state index contributed by atoms with van der Waals surface area (Å²) in [6.07, 6.45) is 4.08. The van der Waals surface area contributed by atoms with Crippen molar-refractivity contribution in [1.29, 1.82) is 0 Å². The molecule has 0 atom stereocenters. The van der Waals surface area contributed by atoms with Gasteiger partial charge in [-0.05, 0) is 55.3 Å². The first-order valence-electron chi connectivity index (χ1n) is 10.8. The minimum absolute atomic E-state index is 0.325. The molecule has 3 heterocycles. The summed E-state index contributed by atoms with van der Waals surface area (Å²) in [5.41, 5.74) is 2.92. The first-order chi connectivity index (χ1) is 15.1. The van der Waals surface area contributed by atoms with E-state index in [1.807, 2.05) is 30.3 Å². The SMILES string of the molecule is CO.O=S(=O)(c1ccc(N2CCCC2)cc1)n1ccc2c(N3CCNCC3)cccc21. The molecule has 31 heavy (non-hydrogen) atoms. The molecule has 2 fully saturated rings. The van der Waals surface area contributed by atoms with Crippen molar-refractivity contribution in [3.8, 4) is 0 Å². The van der Waals surface area contributed by atoms with Crippen molar-refractivity contribution in [3.05, 3.63) is 54.7 Å². The van der Waals surface area contributed by atoms with Crippen molar-refractivity contribution in [2.24, 2.45) is 0 Å². The third-order valence-electron chi connectivity index (χ3n) is 6.00. The Kier molecular flexibility index (Phi) is 6.50. The minimum atomic E-state index is -3.64. The molecule has 2 aromatic carbocycles. The first kappa shape index (κ1) is 21.7. The zero-order chi connectivity index (χ0) is 21.8. The van der Waals surface area contributed by atoms with E-state index in [0.29, 0.717) is 4.90 Å². The summed E-state index contributed by atoms with van der Waals surface area (Å²) in [5.74, 6) is 0. The zero-order valence-electron chi connectivity index (χ0n) is 17.9. The van der Waals surface area contributed by atoms with E-state index < -0.39 is 10.0 Å². The standard InChI is InChI=1S/C22H26N4O2S.CH4O/c27-29(28,19-8-6-18(7-9-19)24-13-1-2-14-24)26-15-10-20-21(4-3-5-22(20)26)25-16-11-23-12-17-25;1-2/h3-10,15,23H,1-2,11-14,16-17H2;2H,1H3. The molecular weight excluding hydrogens is 412 g/mol. The second-order valence-electron chi connectivity index (χ2n) is 7.75. The van der Waals surface area contributed by atoms with Gasteiger partial charge in [0.2, 0.25) is 0 Å². The van der Waals surface area contributed by atoms with Crippen molar-refractivity contribution < 1.29 is 13.5 Å². The van der Waals surface area contributed by atoms with Crippen molar-refractivity contribution in [2.75, 3.05) is 56.2 Å². The Bertz CT molecular complexity index is 1110.